The van der Waals surface area contributed by atoms with Gasteiger partial charge in [-0.1, -0.05) is 36.7 Å². The predicted molar refractivity (Wildman–Crippen MR) is 215 cm³/mol. The minimum Gasteiger partial charge on any atom is -0.433 e. The molecule has 0 fully saturated rings. The van der Waals surface area contributed by atoms with Gasteiger partial charge in [-0.15, -0.1) is 0 Å². The molecule has 0 amide bonds. The summed E-state index contributed by atoms with van der Waals surface area (Å²) in [6.07, 6.45) is 6.40. The summed E-state index contributed by atoms with van der Waals surface area (Å²) >= 11 is 2.33. The van der Waals surface area contributed by atoms with Crippen LogP contribution in [0, 0.1) is 0 Å². The smallest absolute Gasteiger partial charge is 0.433 e. The van der Waals surface area contributed by atoms with Gasteiger partial charge >= 0.3 is 17.1 Å². The summed E-state index contributed by atoms with van der Waals surface area (Å²) in [5.41, 5.74) is 16.2. The van der Waals surface area contributed by atoms with Crippen LogP contribution in [0.25, 0.3) is 31.5 Å². The van der Waals surface area contributed by atoms with Crippen molar-refractivity contribution in [3.05, 3.63) is 142 Å². The van der Waals surface area contributed by atoms with E-state index >= 15 is 0 Å². The number of hydrogen-bond acceptors (Lipinski definition) is 14. The zero-order valence-corrected chi connectivity index (χ0v) is 33.2. The number of nitrogens with one attached hydrogen (secondary N) is 2. The van der Waals surface area contributed by atoms with Gasteiger partial charge in [0.05, 0.1) is 44.5 Å². The van der Waals surface area contributed by atoms with Gasteiger partial charge in [0.1, 0.15) is 0 Å². The number of imidazole rings is 2. The maximum Gasteiger partial charge on any atom is 2.00 e. The van der Waals surface area contributed by atoms with Crippen molar-refractivity contribution < 1.29 is 44.1 Å². The number of aliphatic hydroxyl groups excluding tert-OH is 2. The molecule has 293 valence electrons. The SMILES string of the molecule is CO.CO.Nc1ccc(S(=O)(=O)[N-]c2nccs2)cc1.Nc1ccc(S(=O)(=O)[N-]c2nccs2)cc1.[Cu+2].c1ccc2[nH]cnc2c1.c1ccc2[nH]cnc2c1. The van der Waals surface area contributed by atoms with Crippen LogP contribution >= 0.6 is 22.7 Å². The molecule has 4 aromatic carbocycles. The van der Waals surface area contributed by atoms with Gasteiger partial charge < -0.3 is 51.1 Å². The number of anilines is 2. The number of sulfonamides is 2. The van der Waals surface area contributed by atoms with E-state index in [0.29, 0.717) is 11.4 Å². The number of para-hydroxylation sites is 4. The Labute approximate surface area is 336 Å². The van der Waals surface area contributed by atoms with E-state index in [4.69, 9.17) is 21.7 Å². The summed E-state index contributed by atoms with van der Waals surface area (Å²) in [4.78, 5) is 21.9. The van der Waals surface area contributed by atoms with E-state index in [1.54, 1.807) is 23.4 Å². The average Bonchev–Trinajstić information content (AvgIpc) is 4.04. The van der Waals surface area contributed by atoms with Crippen LogP contribution in [-0.2, 0) is 37.1 Å². The van der Waals surface area contributed by atoms with Crippen LogP contribution in [0.4, 0.5) is 21.6 Å². The Kier molecular flexibility index (Phi) is 19.5. The molecule has 4 aromatic heterocycles. The second kappa shape index (κ2) is 23.4. The summed E-state index contributed by atoms with van der Waals surface area (Å²) in [5, 5.41) is 17.8. The number of fused-ring (bicyclic) bond motifs is 2. The quantitative estimate of drug-likeness (QED) is 0.0764. The average molecular weight is 873 g/mol. The molecule has 0 aliphatic heterocycles. The van der Waals surface area contributed by atoms with Crippen molar-refractivity contribution in [3.63, 3.8) is 0 Å². The number of nitrogens with two attached hydrogens (primary N) is 2. The Morgan fingerprint density at radius 1 is 0.545 bits per heavy atom. The number of aromatic nitrogens is 6. The molecule has 0 spiro atoms. The van der Waals surface area contributed by atoms with Gasteiger partial charge in [-0.2, -0.15) is 22.7 Å². The first kappa shape index (κ1) is 45.8. The first-order valence-electron chi connectivity index (χ1n) is 15.2. The summed E-state index contributed by atoms with van der Waals surface area (Å²) in [5.74, 6) is 0. The minimum absolute atomic E-state index is 0. The third-order valence-electron chi connectivity index (χ3n) is 6.25. The van der Waals surface area contributed by atoms with Crippen molar-refractivity contribution in [2.45, 2.75) is 9.79 Å². The molecule has 0 saturated carbocycles. The molecule has 4 heterocycles. The Morgan fingerprint density at radius 2 is 0.891 bits per heavy atom. The third kappa shape index (κ3) is 14.8. The predicted octanol–water partition coefficient (Wildman–Crippen LogP) is 6.58. The van der Waals surface area contributed by atoms with Crippen LogP contribution in [-0.4, -0.2) is 71.2 Å². The number of hydrogen-bond donors (Lipinski definition) is 6. The molecule has 0 aliphatic rings. The number of rotatable bonds is 6. The molecule has 1 radical (unpaired) electrons. The maximum atomic E-state index is 11.8. The zero-order valence-electron chi connectivity index (χ0n) is 29.0. The normalized spacial score (nSPS) is 10.1. The second-order valence-corrected chi connectivity index (χ2v) is 14.7. The number of benzene rings is 4. The fourth-order valence-corrected chi connectivity index (χ4v) is 7.21. The van der Waals surface area contributed by atoms with Crippen LogP contribution in [0.1, 0.15) is 0 Å². The van der Waals surface area contributed by atoms with Crippen molar-refractivity contribution in [1.82, 2.24) is 29.9 Å². The number of H-pyrrole nitrogens is 2. The molecule has 8 rings (SSSR count). The molecular formula is C34H36CuN10O6S4. The Balaban J connectivity index is 0.000000251. The van der Waals surface area contributed by atoms with E-state index in [1.807, 2.05) is 48.5 Å². The van der Waals surface area contributed by atoms with E-state index < -0.39 is 20.0 Å². The Bertz CT molecular complexity index is 2210. The topological polar surface area (TPSA) is 272 Å². The number of aromatic amines is 2. The van der Waals surface area contributed by atoms with Gasteiger partial charge in [0.15, 0.2) is 0 Å². The van der Waals surface area contributed by atoms with Gasteiger partial charge in [-0.05, 0) is 83.6 Å². The second-order valence-electron chi connectivity index (χ2n) is 9.74. The van der Waals surface area contributed by atoms with Crippen molar-refractivity contribution in [1.29, 1.82) is 0 Å². The summed E-state index contributed by atoms with van der Waals surface area (Å²) < 4.78 is 54.3. The zero-order chi connectivity index (χ0) is 39.4. The van der Waals surface area contributed by atoms with Gasteiger partial charge in [-0.3, -0.25) is 0 Å². The third-order valence-corrected chi connectivity index (χ3v) is 10.4. The molecule has 0 bridgehead atoms. The van der Waals surface area contributed by atoms with Gasteiger partial charge in [-0.25, -0.2) is 26.8 Å². The maximum absolute atomic E-state index is 11.8. The molecule has 21 heteroatoms. The first-order valence-corrected chi connectivity index (χ1v) is 19.8. The molecule has 16 nitrogen and oxygen atoms in total. The Hall–Kier alpha value is -5.38. The fourth-order valence-electron chi connectivity index (χ4n) is 3.87. The van der Waals surface area contributed by atoms with Crippen molar-refractivity contribution >= 4 is 86.4 Å². The molecule has 8 aromatic rings. The van der Waals surface area contributed by atoms with Crippen molar-refractivity contribution in [2.75, 3.05) is 25.7 Å². The van der Waals surface area contributed by atoms with Crippen molar-refractivity contribution in [3.8, 4) is 0 Å². The summed E-state index contributed by atoms with van der Waals surface area (Å²) in [6.45, 7) is 0. The largest absolute Gasteiger partial charge is 2.00 e. The van der Waals surface area contributed by atoms with E-state index in [2.05, 4.69) is 39.3 Å². The molecule has 0 aliphatic carbocycles. The number of nitrogens with zero attached hydrogens (tertiary/aromatic N) is 6. The van der Waals surface area contributed by atoms with Crippen molar-refractivity contribution in [2.24, 2.45) is 0 Å². The van der Waals surface area contributed by atoms with Crippen LogP contribution in [0.3, 0.4) is 0 Å². The molecule has 0 atom stereocenters. The monoisotopic (exact) mass is 871 g/mol. The van der Waals surface area contributed by atoms with E-state index in [9.17, 15) is 16.8 Å². The number of nitrogen functional groups attached to an aromatic ring is 2. The van der Waals surface area contributed by atoms with Gasteiger partial charge in [0, 0.05) is 35.9 Å². The molecule has 8 N–H and O–H groups in total. The summed E-state index contributed by atoms with van der Waals surface area (Å²) in [6, 6.07) is 27.6. The first-order chi connectivity index (χ1) is 26.1. The van der Waals surface area contributed by atoms with Crippen LogP contribution in [0.5, 0.6) is 0 Å². The van der Waals surface area contributed by atoms with Crippen LogP contribution in [0.2, 0.25) is 0 Å². The van der Waals surface area contributed by atoms with Gasteiger partial charge in [0.2, 0.25) is 20.0 Å². The minimum atomic E-state index is -3.68. The number of thiazole rings is 2. The van der Waals surface area contributed by atoms with Crippen LogP contribution in [0.15, 0.2) is 143 Å². The van der Waals surface area contributed by atoms with Gasteiger partial charge in [0.25, 0.3) is 0 Å². The summed E-state index contributed by atoms with van der Waals surface area (Å²) in [7, 11) is -5.37. The number of aliphatic hydroxyl groups is 2. The fraction of sp³-hybridized carbons (Fsp3) is 0.0588. The van der Waals surface area contributed by atoms with E-state index in [0.717, 1.165) is 36.3 Å². The molecule has 0 saturated heterocycles. The van der Waals surface area contributed by atoms with E-state index in [-0.39, 0.29) is 37.1 Å². The Morgan fingerprint density at radius 3 is 1.20 bits per heavy atom. The molecule has 0 unspecified atom stereocenters. The van der Waals surface area contributed by atoms with Crippen LogP contribution < -0.4 is 11.5 Å². The van der Waals surface area contributed by atoms with E-state index in [1.165, 1.54) is 83.6 Å². The molecular weight excluding hydrogens is 836 g/mol. The molecule has 55 heavy (non-hydrogen) atoms. The standard InChI is InChI=1S/2C9H8N3O2S2.2C7H6N2.2CH4O.Cu/c2*10-7-1-3-8(4-2-7)16(13,14)12-9-11-5-6-15-9;2*1-2-4-7-6(3-1)8-5-9-7;2*1-2;/h2*1-6H,10H2;2*1-5H,(H,8,9);2*2H,1H3;/q2*-1;;;;;+2.